The molecule has 5 rings (SSSR count). The molecule has 7 nitrogen and oxygen atoms in total. The first-order valence-corrected chi connectivity index (χ1v) is 12.4. The highest BCUT2D eigenvalue weighted by atomic mass is 32.2. The fraction of sp³-hybridized carbons (Fsp3) is 0.292. The van der Waals surface area contributed by atoms with Gasteiger partial charge < -0.3 is 9.09 Å². The second kappa shape index (κ2) is 8.02. The van der Waals surface area contributed by atoms with E-state index in [1.807, 2.05) is 59.2 Å². The van der Waals surface area contributed by atoms with Gasteiger partial charge in [-0.2, -0.15) is 4.98 Å². The van der Waals surface area contributed by atoms with Crippen LogP contribution in [0.1, 0.15) is 50.1 Å². The van der Waals surface area contributed by atoms with E-state index in [0.29, 0.717) is 11.7 Å². The number of hydrogen-bond acceptors (Lipinski definition) is 6. The fourth-order valence-corrected chi connectivity index (χ4v) is 5.09. The van der Waals surface area contributed by atoms with Gasteiger partial charge in [0.05, 0.1) is 11.9 Å². The van der Waals surface area contributed by atoms with Crippen molar-refractivity contribution in [1.29, 1.82) is 0 Å². The monoisotopic (exact) mass is 448 g/mol. The minimum atomic E-state index is -3.77. The SMILES string of the molecule is CC(C)c1ccc(-c2noc(CS(=O)(=O)c3ncc(-c4ccccc4)n3C3CC3)n2)cc1. The molecule has 0 saturated heterocycles. The zero-order valence-corrected chi connectivity index (χ0v) is 18.8. The van der Waals surface area contributed by atoms with Crippen molar-refractivity contribution in [3.63, 3.8) is 0 Å². The molecule has 0 N–H and O–H groups in total. The first-order valence-electron chi connectivity index (χ1n) is 10.7. The summed E-state index contributed by atoms with van der Waals surface area (Å²) in [5.74, 6) is 0.466. The lowest BCUT2D eigenvalue weighted by molar-refractivity contribution is 0.388. The Bertz CT molecular complexity index is 1340. The Kier molecular flexibility index (Phi) is 5.17. The molecule has 0 aliphatic heterocycles. The third-order valence-electron chi connectivity index (χ3n) is 5.64. The van der Waals surface area contributed by atoms with Crippen molar-refractivity contribution >= 4 is 9.84 Å². The van der Waals surface area contributed by atoms with Crippen LogP contribution in [0.3, 0.4) is 0 Å². The predicted molar refractivity (Wildman–Crippen MR) is 121 cm³/mol. The highest BCUT2D eigenvalue weighted by Gasteiger charge is 2.34. The number of benzene rings is 2. The Morgan fingerprint density at radius 2 is 1.75 bits per heavy atom. The van der Waals surface area contributed by atoms with Crippen molar-refractivity contribution in [2.75, 3.05) is 0 Å². The molecule has 1 aliphatic rings. The summed E-state index contributed by atoms with van der Waals surface area (Å²) in [6.45, 7) is 4.25. The molecule has 0 unspecified atom stereocenters. The highest BCUT2D eigenvalue weighted by Crippen LogP contribution is 2.41. The molecule has 0 spiro atoms. The molecular weight excluding hydrogens is 424 g/mol. The number of rotatable bonds is 7. The molecule has 164 valence electrons. The van der Waals surface area contributed by atoms with E-state index in [1.54, 1.807) is 6.20 Å². The molecule has 1 fully saturated rings. The van der Waals surface area contributed by atoms with Gasteiger partial charge in [0.25, 0.3) is 0 Å². The Morgan fingerprint density at radius 1 is 1.03 bits per heavy atom. The first kappa shape index (κ1) is 20.6. The molecule has 0 radical (unpaired) electrons. The highest BCUT2D eigenvalue weighted by molar-refractivity contribution is 7.90. The number of imidazole rings is 1. The van der Waals surface area contributed by atoms with Crippen LogP contribution >= 0.6 is 0 Å². The van der Waals surface area contributed by atoms with Crippen molar-refractivity contribution in [2.45, 2.75) is 49.6 Å². The van der Waals surface area contributed by atoms with Gasteiger partial charge in [-0.3, -0.25) is 0 Å². The van der Waals surface area contributed by atoms with Crippen molar-refractivity contribution in [3.8, 4) is 22.6 Å². The Morgan fingerprint density at radius 3 is 2.41 bits per heavy atom. The average molecular weight is 449 g/mol. The molecule has 1 saturated carbocycles. The van der Waals surface area contributed by atoms with Gasteiger partial charge in [0.1, 0.15) is 5.75 Å². The Hall–Kier alpha value is -3.26. The quantitative estimate of drug-likeness (QED) is 0.394. The Balaban J connectivity index is 1.43. The summed E-state index contributed by atoms with van der Waals surface area (Å²) in [4.78, 5) is 8.62. The van der Waals surface area contributed by atoms with E-state index >= 15 is 0 Å². The van der Waals surface area contributed by atoms with E-state index in [1.165, 1.54) is 5.56 Å². The summed E-state index contributed by atoms with van der Waals surface area (Å²) in [6, 6.07) is 17.7. The van der Waals surface area contributed by atoms with Crippen molar-refractivity contribution in [2.24, 2.45) is 0 Å². The first-order chi connectivity index (χ1) is 15.4. The normalized spacial score (nSPS) is 14.2. The molecule has 0 bridgehead atoms. The van der Waals surface area contributed by atoms with Gasteiger partial charge >= 0.3 is 0 Å². The minimum absolute atomic E-state index is 0.0551. The summed E-state index contributed by atoms with van der Waals surface area (Å²) < 4.78 is 33.6. The van der Waals surface area contributed by atoms with Crippen LogP contribution in [0.5, 0.6) is 0 Å². The molecule has 0 atom stereocenters. The third kappa shape index (κ3) is 3.98. The van der Waals surface area contributed by atoms with Crippen molar-refractivity contribution < 1.29 is 12.9 Å². The molecule has 8 heteroatoms. The second-order valence-electron chi connectivity index (χ2n) is 8.44. The van der Waals surface area contributed by atoms with Gasteiger partial charge in [0, 0.05) is 11.6 Å². The number of nitrogens with zero attached hydrogens (tertiary/aromatic N) is 4. The van der Waals surface area contributed by atoms with Gasteiger partial charge in [0.15, 0.2) is 0 Å². The molecule has 2 aromatic heterocycles. The van der Waals surface area contributed by atoms with E-state index in [-0.39, 0.29) is 22.8 Å². The van der Waals surface area contributed by atoms with Gasteiger partial charge in [-0.05, 0) is 29.9 Å². The molecule has 1 aliphatic carbocycles. The maximum Gasteiger partial charge on any atom is 0.242 e. The lowest BCUT2D eigenvalue weighted by Crippen LogP contribution is -2.13. The van der Waals surface area contributed by atoms with Crippen LogP contribution in [0.2, 0.25) is 0 Å². The largest absolute Gasteiger partial charge is 0.338 e. The smallest absolute Gasteiger partial charge is 0.242 e. The van der Waals surface area contributed by atoms with Crippen molar-refractivity contribution in [1.82, 2.24) is 19.7 Å². The molecular formula is C24H24N4O3S. The maximum atomic E-state index is 13.3. The average Bonchev–Trinajstić information content (AvgIpc) is 3.35. The van der Waals surface area contributed by atoms with E-state index in [0.717, 1.165) is 29.7 Å². The fourth-order valence-electron chi connectivity index (χ4n) is 3.76. The van der Waals surface area contributed by atoms with E-state index in [4.69, 9.17) is 4.52 Å². The van der Waals surface area contributed by atoms with Crippen LogP contribution in [0.25, 0.3) is 22.6 Å². The van der Waals surface area contributed by atoms with Crippen LogP contribution in [0.4, 0.5) is 0 Å². The van der Waals surface area contributed by atoms with E-state index in [2.05, 4.69) is 29.0 Å². The van der Waals surface area contributed by atoms with Crippen molar-refractivity contribution in [3.05, 3.63) is 72.2 Å². The maximum absolute atomic E-state index is 13.3. The third-order valence-corrected chi connectivity index (χ3v) is 7.13. The summed E-state index contributed by atoms with van der Waals surface area (Å²) in [6.07, 6.45) is 3.52. The van der Waals surface area contributed by atoms with Crippen LogP contribution in [-0.4, -0.2) is 28.1 Å². The minimum Gasteiger partial charge on any atom is -0.338 e. The summed E-state index contributed by atoms with van der Waals surface area (Å²) >= 11 is 0. The van der Waals surface area contributed by atoms with E-state index in [9.17, 15) is 8.42 Å². The molecule has 2 heterocycles. The summed E-state index contributed by atoms with van der Waals surface area (Å²) in [5, 5.41) is 4.04. The number of sulfone groups is 1. The number of aromatic nitrogens is 4. The number of hydrogen-bond donors (Lipinski definition) is 0. The molecule has 0 amide bonds. The van der Waals surface area contributed by atoms with Crippen LogP contribution < -0.4 is 0 Å². The van der Waals surface area contributed by atoms with Gasteiger partial charge in [0.2, 0.25) is 26.7 Å². The van der Waals surface area contributed by atoms with Gasteiger partial charge in [-0.25, -0.2) is 13.4 Å². The van der Waals surface area contributed by atoms with Crippen LogP contribution in [0, 0.1) is 0 Å². The second-order valence-corrected chi connectivity index (χ2v) is 10.3. The zero-order chi connectivity index (χ0) is 22.3. The Labute approximate surface area is 187 Å². The van der Waals surface area contributed by atoms with Gasteiger partial charge in [-0.15, -0.1) is 0 Å². The molecule has 2 aromatic carbocycles. The van der Waals surface area contributed by atoms with Crippen LogP contribution in [-0.2, 0) is 15.6 Å². The van der Waals surface area contributed by atoms with Crippen LogP contribution in [0.15, 0.2) is 70.5 Å². The van der Waals surface area contributed by atoms with E-state index < -0.39 is 9.84 Å². The lowest BCUT2D eigenvalue weighted by atomic mass is 10.0. The summed E-state index contributed by atoms with van der Waals surface area (Å²) in [5.41, 5.74) is 3.75. The topological polar surface area (TPSA) is 90.9 Å². The predicted octanol–water partition coefficient (Wildman–Crippen LogP) is 5.03. The molecule has 32 heavy (non-hydrogen) atoms. The zero-order valence-electron chi connectivity index (χ0n) is 18.0. The lowest BCUT2D eigenvalue weighted by Gasteiger charge is -2.10. The standard InChI is InChI=1S/C24H24N4O3S/c1-16(2)17-8-10-19(11-9-17)23-26-22(31-27-23)15-32(29,30)24-25-14-21(28(24)20-12-13-20)18-6-4-3-5-7-18/h3-11,14,16,20H,12-13,15H2,1-2H3. The summed E-state index contributed by atoms with van der Waals surface area (Å²) in [7, 11) is -3.77. The molecule has 4 aromatic rings. The van der Waals surface area contributed by atoms with Gasteiger partial charge in [-0.1, -0.05) is 73.6 Å².